The molecular weight excluding hydrogens is 542 g/mol. The van der Waals surface area contributed by atoms with E-state index in [1.165, 1.54) is 12.8 Å². The normalized spacial score (nSPS) is 24.2. The molecule has 4 atom stereocenters. The zero-order valence-corrected chi connectivity index (χ0v) is 25.1. The first-order chi connectivity index (χ1) is 20.8. The molecule has 8 rings (SSSR count). The number of methoxy groups -OCH3 is 1. The number of hydrogen-bond donors (Lipinski definition) is 1. The van der Waals surface area contributed by atoms with E-state index in [0.29, 0.717) is 29.4 Å². The molecule has 4 aliphatic rings. The fourth-order valence-corrected chi connectivity index (χ4v) is 7.85. The molecule has 2 N–H and O–H groups in total. The van der Waals surface area contributed by atoms with Crippen LogP contribution < -0.4 is 10.5 Å². The van der Waals surface area contributed by atoms with Crippen LogP contribution in [-0.2, 0) is 11.3 Å². The van der Waals surface area contributed by atoms with E-state index in [1.54, 1.807) is 7.11 Å². The zero-order chi connectivity index (χ0) is 29.6. The summed E-state index contributed by atoms with van der Waals surface area (Å²) in [6.45, 7) is 5.79. The Bertz CT molecular complexity index is 1790. The predicted molar refractivity (Wildman–Crippen MR) is 163 cm³/mol. The van der Waals surface area contributed by atoms with Gasteiger partial charge in [0.1, 0.15) is 17.0 Å². The Balaban J connectivity index is 1.22. The molecule has 1 aliphatic carbocycles. The van der Waals surface area contributed by atoms with E-state index in [4.69, 9.17) is 20.4 Å². The molecule has 4 aromatic heterocycles. The van der Waals surface area contributed by atoms with Crippen LogP contribution in [0.3, 0.4) is 0 Å². The summed E-state index contributed by atoms with van der Waals surface area (Å²) < 4.78 is 10.1. The number of fused-ring (bicyclic) bond motifs is 4. The monoisotopic (exact) mass is 581 g/mol. The summed E-state index contributed by atoms with van der Waals surface area (Å²) in [6, 6.07) is 10.4. The van der Waals surface area contributed by atoms with Crippen molar-refractivity contribution >= 4 is 28.5 Å². The third-order valence-corrected chi connectivity index (χ3v) is 10.3. The van der Waals surface area contributed by atoms with Gasteiger partial charge < -0.3 is 24.8 Å². The highest BCUT2D eigenvalue weighted by molar-refractivity contribution is 5.97. The minimum Gasteiger partial charge on any atom is -0.482 e. The van der Waals surface area contributed by atoms with Gasteiger partial charge in [-0.2, -0.15) is 0 Å². The fourth-order valence-electron chi connectivity index (χ4n) is 7.85. The summed E-state index contributed by atoms with van der Waals surface area (Å²) in [5.74, 6) is 1.42. The molecule has 2 bridgehead atoms. The molecule has 0 aromatic carbocycles. The summed E-state index contributed by atoms with van der Waals surface area (Å²) in [5, 5.41) is 1.06. The smallest absolute Gasteiger partial charge is 0.254 e. The number of pyridine rings is 2. The van der Waals surface area contributed by atoms with Gasteiger partial charge in [0, 0.05) is 54.7 Å². The Morgan fingerprint density at radius 2 is 1.98 bits per heavy atom. The highest BCUT2D eigenvalue weighted by Gasteiger charge is 2.47. The first-order valence-corrected chi connectivity index (χ1v) is 15.8. The molecule has 7 heterocycles. The number of aromatic nitrogens is 4. The molecule has 0 radical (unpaired) electrons. The van der Waals surface area contributed by atoms with E-state index in [2.05, 4.69) is 36.6 Å². The lowest BCUT2D eigenvalue weighted by Gasteiger charge is -2.24. The maximum absolute atomic E-state index is 13.8. The first-order valence-electron chi connectivity index (χ1n) is 15.8. The third-order valence-electron chi connectivity index (χ3n) is 10.3. The van der Waals surface area contributed by atoms with Crippen LogP contribution in [0.4, 0.5) is 0 Å². The number of carbonyl (C=O) groups is 2. The second-order valence-electron chi connectivity index (χ2n) is 13.0. The molecule has 3 aliphatic heterocycles. The maximum atomic E-state index is 13.8. The molecule has 2 amide bonds. The number of imidazole rings is 1. The number of amides is 2. The van der Waals surface area contributed by atoms with E-state index in [9.17, 15) is 9.59 Å². The standard InChI is InChI=1S/C33H39N7O3/c1-18(37-12-4-5-29(37)41)25-10-8-21-13-27(38(32(21)35-25)17-20-6-7-20)31-19(2)39-28(36-31)14-22(15-30(39)43-3)33(42)40-23-9-11-26(40)24(34)16-23/h8,10,13-15,18,20,23-24,26H,4-7,9,11-12,16-17,34H2,1-3H3/t18-,23+,24-,26-/m1/s1. The Morgan fingerprint density at radius 3 is 2.65 bits per heavy atom. The Hall–Kier alpha value is -3.92. The lowest BCUT2D eigenvalue weighted by Crippen LogP contribution is -2.40. The van der Waals surface area contributed by atoms with Crippen molar-refractivity contribution in [3.63, 3.8) is 0 Å². The quantitative estimate of drug-likeness (QED) is 0.345. The number of hydrogen-bond acceptors (Lipinski definition) is 6. The number of aryl methyl sites for hydroxylation is 1. The second-order valence-corrected chi connectivity index (χ2v) is 13.0. The number of nitrogens with zero attached hydrogens (tertiary/aromatic N) is 6. The van der Waals surface area contributed by atoms with Crippen LogP contribution in [-0.4, -0.2) is 72.3 Å². The van der Waals surface area contributed by atoms with Crippen LogP contribution in [0.15, 0.2) is 30.3 Å². The van der Waals surface area contributed by atoms with Crippen molar-refractivity contribution in [1.29, 1.82) is 0 Å². The highest BCUT2D eigenvalue weighted by Crippen LogP contribution is 2.40. The lowest BCUT2D eigenvalue weighted by molar-refractivity contribution is -0.129. The molecule has 1 saturated carbocycles. The summed E-state index contributed by atoms with van der Waals surface area (Å²) >= 11 is 0. The number of likely N-dealkylation sites (tertiary alicyclic amines) is 1. The lowest BCUT2D eigenvalue weighted by atomic mass is 9.97. The van der Waals surface area contributed by atoms with Crippen molar-refractivity contribution in [2.45, 2.75) is 89.5 Å². The van der Waals surface area contributed by atoms with Crippen LogP contribution in [0, 0.1) is 12.8 Å². The fraction of sp³-hybridized carbons (Fsp3) is 0.515. The molecule has 43 heavy (non-hydrogen) atoms. The number of ether oxygens (including phenoxy) is 1. The number of rotatable bonds is 7. The van der Waals surface area contributed by atoms with Gasteiger partial charge in [-0.3, -0.25) is 14.0 Å². The van der Waals surface area contributed by atoms with Gasteiger partial charge >= 0.3 is 0 Å². The van der Waals surface area contributed by atoms with Crippen LogP contribution in [0.1, 0.15) is 79.7 Å². The molecule has 0 spiro atoms. The molecule has 4 fully saturated rings. The first kappa shape index (κ1) is 26.7. The molecule has 10 heteroatoms. The third kappa shape index (κ3) is 4.17. The number of carbonyl (C=O) groups excluding carboxylic acids is 2. The van der Waals surface area contributed by atoms with E-state index < -0.39 is 0 Å². The van der Waals surface area contributed by atoms with Gasteiger partial charge in [0.15, 0.2) is 5.88 Å². The summed E-state index contributed by atoms with van der Waals surface area (Å²) in [7, 11) is 1.64. The Kier molecular flexibility index (Phi) is 6.08. The summed E-state index contributed by atoms with van der Waals surface area (Å²) in [6.07, 6.45) is 6.81. The van der Waals surface area contributed by atoms with Gasteiger partial charge in [-0.25, -0.2) is 9.97 Å². The van der Waals surface area contributed by atoms with E-state index >= 15 is 0 Å². The molecule has 224 valence electrons. The average molecular weight is 582 g/mol. The average Bonchev–Trinajstić information content (AvgIpc) is 3.31. The van der Waals surface area contributed by atoms with Crippen molar-refractivity contribution < 1.29 is 14.3 Å². The second kappa shape index (κ2) is 9.80. The van der Waals surface area contributed by atoms with Gasteiger partial charge in [0.2, 0.25) is 5.91 Å². The minimum absolute atomic E-state index is 0.00799. The summed E-state index contributed by atoms with van der Waals surface area (Å²) in [4.78, 5) is 40.5. The van der Waals surface area contributed by atoms with Crippen LogP contribution in [0.5, 0.6) is 5.88 Å². The Labute approximate surface area is 250 Å². The predicted octanol–water partition coefficient (Wildman–Crippen LogP) is 4.47. The minimum atomic E-state index is -0.0651. The molecule has 4 aromatic rings. The van der Waals surface area contributed by atoms with Gasteiger partial charge in [-0.1, -0.05) is 0 Å². The topological polar surface area (TPSA) is 111 Å². The van der Waals surface area contributed by atoms with Gasteiger partial charge in [0.05, 0.1) is 30.2 Å². The van der Waals surface area contributed by atoms with Crippen LogP contribution >= 0.6 is 0 Å². The van der Waals surface area contributed by atoms with Crippen LogP contribution in [0.25, 0.3) is 28.1 Å². The van der Waals surface area contributed by atoms with Crippen molar-refractivity contribution in [1.82, 2.24) is 28.7 Å². The SMILES string of the molecule is COc1cc(C(=O)N2[C@H]3CC[C@@H]2[C@H](N)C3)cc2nc(-c3cc4ccc([C@@H](C)N5CCCC5=O)nc4n3CC3CC3)c(C)n12. The van der Waals surface area contributed by atoms with Gasteiger partial charge in [-0.15, -0.1) is 0 Å². The van der Waals surface area contributed by atoms with Crippen molar-refractivity contribution in [3.8, 4) is 17.3 Å². The summed E-state index contributed by atoms with van der Waals surface area (Å²) in [5.41, 5.74) is 12.3. The highest BCUT2D eigenvalue weighted by atomic mass is 16.5. The largest absolute Gasteiger partial charge is 0.482 e. The molecule has 10 nitrogen and oxygen atoms in total. The number of nitrogens with two attached hydrogens (primary N) is 1. The maximum Gasteiger partial charge on any atom is 0.254 e. The van der Waals surface area contributed by atoms with E-state index in [1.807, 2.05) is 26.3 Å². The molecular formula is C33H39N7O3. The zero-order valence-electron chi connectivity index (χ0n) is 25.1. The van der Waals surface area contributed by atoms with Gasteiger partial charge in [-0.05, 0) is 82.6 Å². The van der Waals surface area contributed by atoms with Crippen LogP contribution in [0.2, 0.25) is 0 Å². The molecule has 3 saturated heterocycles. The van der Waals surface area contributed by atoms with Crippen molar-refractivity contribution in [2.24, 2.45) is 11.7 Å². The van der Waals surface area contributed by atoms with E-state index in [0.717, 1.165) is 72.6 Å². The van der Waals surface area contributed by atoms with E-state index in [-0.39, 0.29) is 36.0 Å². The van der Waals surface area contributed by atoms with Crippen molar-refractivity contribution in [3.05, 3.63) is 47.3 Å². The molecule has 0 unspecified atom stereocenters. The Morgan fingerprint density at radius 1 is 1.14 bits per heavy atom. The van der Waals surface area contributed by atoms with Gasteiger partial charge in [0.25, 0.3) is 5.91 Å². The van der Waals surface area contributed by atoms with Crippen molar-refractivity contribution in [2.75, 3.05) is 13.7 Å².